The lowest BCUT2D eigenvalue weighted by Crippen LogP contribution is -2.59. The van der Waals surface area contributed by atoms with Crippen LogP contribution in [0.5, 0.6) is 5.75 Å². The zero-order chi connectivity index (χ0) is 32.2. The van der Waals surface area contributed by atoms with Crippen LogP contribution in [-0.4, -0.2) is 88.8 Å². The number of carbonyl (C=O) groups is 3. The van der Waals surface area contributed by atoms with Crippen molar-refractivity contribution >= 4 is 23.4 Å². The SMILES string of the molecule is C=CCN(CCCCC)C(=O)C1N([C@@H](CC)CO)C(=O)[C@@H]2[C@H](C(=O)N(CC=C)c3ccc(OCC)cc3)[C@@]3(C)OC12CC3C. The molecular formula is C35H51N3O6. The van der Waals surface area contributed by atoms with Crippen LogP contribution in [0, 0.1) is 17.8 Å². The van der Waals surface area contributed by atoms with E-state index in [1.807, 2.05) is 52.0 Å². The first kappa shape index (κ1) is 33.7. The van der Waals surface area contributed by atoms with Gasteiger partial charge in [0, 0.05) is 25.3 Å². The number of likely N-dealkylation sites (tertiary alicyclic amines) is 1. The van der Waals surface area contributed by atoms with Gasteiger partial charge in [0.2, 0.25) is 17.7 Å². The molecule has 1 spiro atoms. The molecule has 2 bridgehead atoms. The van der Waals surface area contributed by atoms with Crippen LogP contribution in [0.4, 0.5) is 5.69 Å². The summed E-state index contributed by atoms with van der Waals surface area (Å²) in [6, 6.07) is 5.79. The minimum Gasteiger partial charge on any atom is -0.494 e. The maximum absolute atomic E-state index is 14.7. The van der Waals surface area contributed by atoms with Crippen molar-refractivity contribution < 1.29 is 29.0 Å². The van der Waals surface area contributed by atoms with E-state index in [0.29, 0.717) is 44.0 Å². The van der Waals surface area contributed by atoms with Gasteiger partial charge in [-0.1, -0.05) is 45.8 Å². The molecule has 3 fully saturated rings. The highest BCUT2D eigenvalue weighted by Crippen LogP contribution is 2.66. The van der Waals surface area contributed by atoms with Crippen molar-refractivity contribution in [3.8, 4) is 5.75 Å². The second-order valence-corrected chi connectivity index (χ2v) is 12.6. The van der Waals surface area contributed by atoms with Crippen LogP contribution in [-0.2, 0) is 19.1 Å². The number of unbranched alkanes of at least 4 members (excludes halogenated alkanes) is 2. The Hall–Kier alpha value is -3.17. The third-order valence-corrected chi connectivity index (χ3v) is 10.1. The van der Waals surface area contributed by atoms with Crippen LogP contribution in [0.2, 0.25) is 0 Å². The molecule has 44 heavy (non-hydrogen) atoms. The molecule has 3 saturated heterocycles. The summed E-state index contributed by atoms with van der Waals surface area (Å²) in [5.74, 6) is -1.82. The van der Waals surface area contributed by atoms with Gasteiger partial charge in [-0.15, -0.1) is 13.2 Å². The molecule has 0 aliphatic carbocycles. The number of hydrogen-bond acceptors (Lipinski definition) is 6. The quantitative estimate of drug-likeness (QED) is 0.218. The van der Waals surface area contributed by atoms with Gasteiger partial charge in [0.25, 0.3) is 0 Å². The van der Waals surface area contributed by atoms with E-state index in [2.05, 4.69) is 20.1 Å². The number of aliphatic hydroxyl groups excluding tert-OH is 1. The Bertz CT molecular complexity index is 1220. The highest BCUT2D eigenvalue weighted by Gasteiger charge is 2.80. The van der Waals surface area contributed by atoms with E-state index in [-0.39, 0.29) is 36.8 Å². The summed E-state index contributed by atoms with van der Waals surface area (Å²) in [4.78, 5) is 48.9. The molecule has 7 atom stereocenters. The minimum atomic E-state index is -1.19. The van der Waals surface area contributed by atoms with E-state index in [4.69, 9.17) is 9.47 Å². The van der Waals surface area contributed by atoms with Gasteiger partial charge in [0.15, 0.2) is 0 Å². The number of anilines is 1. The van der Waals surface area contributed by atoms with Gasteiger partial charge >= 0.3 is 0 Å². The standard InChI is InChI=1S/C35H51N3O6/c1-8-13-14-21-36(19-9-2)33(42)30-35-22-24(6)34(7,44-35)28(29(35)32(41)38(30)25(11-4)23-39)31(40)37(20-10-3)26-15-17-27(18-16-26)43-12-5/h9-10,15-18,24-25,28-30,39H,2-3,8,11-14,19-23H2,1,4-7H3/t24?,25-,28+,29-,30?,34-,35?/m0/s1. The second kappa shape index (κ2) is 13.9. The number of benzene rings is 1. The molecule has 1 N–H and O–H groups in total. The Morgan fingerprint density at radius 3 is 2.39 bits per heavy atom. The fraction of sp³-hybridized carbons (Fsp3) is 0.629. The van der Waals surface area contributed by atoms with E-state index >= 15 is 0 Å². The maximum atomic E-state index is 14.7. The van der Waals surface area contributed by atoms with Gasteiger partial charge in [-0.25, -0.2) is 0 Å². The number of amides is 3. The summed E-state index contributed by atoms with van der Waals surface area (Å²) >= 11 is 0. The van der Waals surface area contributed by atoms with Gasteiger partial charge in [-0.3, -0.25) is 14.4 Å². The van der Waals surface area contributed by atoms with Crippen molar-refractivity contribution in [2.45, 2.75) is 90.0 Å². The number of aliphatic hydroxyl groups is 1. The fourth-order valence-electron chi connectivity index (χ4n) is 7.82. The average molecular weight is 610 g/mol. The van der Waals surface area contributed by atoms with Gasteiger partial charge in [0.05, 0.1) is 36.7 Å². The molecule has 242 valence electrons. The zero-order valence-corrected chi connectivity index (χ0v) is 27.2. The fourth-order valence-corrected chi connectivity index (χ4v) is 7.82. The molecule has 9 heteroatoms. The van der Waals surface area contributed by atoms with Crippen LogP contribution in [0.3, 0.4) is 0 Å². The monoisotopic (exact) mass is 609 g/mol. The molecule has 0 saturated carbocycles. The first-order valence-corrected chi connectivity index (χ1v) is 16.3. The van der Waals surface area contributed by atoms with Crippen LogP contribution in [0.25, 0.3) is 0 Å². The Labute approximate surface area is 262 Å². The molecule has 1 aromatic rings. The average Bonchev–Trinajstić information content (AvgIpc) is 3.53. The molecule has 0 radical (unpaired) electrons. The van der Waals surface area contributed by atoms with Crippen molar-refractivity contribution in [3.05, 3.63) is 49.6 Å². The second-order valence-electron chi connectivity index (χ2n) is 12.6. The topological polar surface area (TPSA) is 99.6 Å². The largest absolute Gasteiger partial charge is 0.494 e. The van der Waals surface area contributed by atoms with Gasteiger partial charge < -0.3 is 29.3 Å². The number of carbonyl (C=O) groups excluding carboxylic acids is 3. The van der Waals surface area contributed by atoms with E-state index in [0.717, 1.165) is 19.3 Å². The number of ether oxygens (including phenoxy) is 2. The van der Waals surface area contributed by atoms with E-state index in [1.165, 1.54) is 0 Å². The Morgan fingerprint density at radius 1 is 1.14 bits per heavy atom. The number of rotatable bonds is 16. The normalized spacial score (nSPS) is 29.3. The Morgan fingerprint density at radius 2 is 1.82 bits per heavy atom. The van der Waals surface area contributed by atoms with Crippen molar-refractivity contribution in [2.75, 3.05) is 37.7 Å². The Kier molecular flexibility index (Phi) is 10.6. The summed E-state index contributed by atoms with van der Waals surface area (Å²) < 4.78 is 12.6. The van der Waals surface area contributed by atoms with Gasteiger partial charge in [0.1, 0.15) is 17.4 Å². The molecule has 4 rings (SSSR count). The smallest absolute Gasteiger partial charge is 0.248 e. The molecule has 3 aliphatic heterocycles. The summed E-state index contributed by atoms with van der Waals surface area (Å²) in [5, 5.41) is 10.4. The summed E-state index contributed by atoms with van der Waals surface area (Å²) in [6.07, 6.45) is 7.13. The number of hydrogen-bond donors (Lipinski definition) is 1. The summed E-state index contributed by atoms with van der Waals surface area (Å²) in [6.45, 7) is 19.0. The van der Waals surface area contributed by atoms with Crippen molar-refractivity contribution in [2.24, 2.45) is 17.8 Å². The lowest BCUT2D eigenvalue weighted by atomic mass is 9.62. The van der Waals surface area contributed by atoms with E-state index in [9.17, 15) is 19.5 Å². The van der Waals surface area contributed by atoms with Crippen LogP contribution in [0.15, 0.2) is 49.6 Å². The Balaban J connectivity index is 1.81. The highest BCUT2D eigenvalue weighted by atomic mass is 16.5. The first-order chi connectivity index (χ1) is 21.1. The molecule has 9 nitrogen and oxygen atoms in total. The van der Waals surface area contributed by atoms with Crippen LogP contribution < -0.4 is 9.64 Å². The molecule has 3 amide bonds. The third kappa shape index (κ3) is 5.58. The van der Waals surface area contributed by atoms with Crippen molar-refractivity contribution in [1.82, 2.24) is 9.80 Å². The predicted molar refractivity (Wildman–Crippen MR) is 171 cm³/mol. The molecule has 3 unspecified atom stereocenters. The first-order valence-electron chi connectivity index (χ1n) is 16.3. The van der Waals surface area contributed by atoms with Gasteiger partial charge in [-0.2, -0.15) is 0 Å². The molecular weight excluding hydrogens is 558 g/mol. The molecule has 3 aliphatic rings. The van der Waals surface area contributed by atoms with Crippen LogP contribution >= 0.6 is 0 Å². The summed E-state index contributed by atoms with van der Waals surface area (Å²) in [5.41, 5.74) is -1.48. The molecule has 3 heterocycles. The number of nitrogens with zero attached hydrogens (tertiary/aromatic N) is 3. The van der Waals surface area contributed by atoms with E-state index < -0.39 is 35.1 Å². The third-order valence-electron chi connectivity index (χ3n) is 10.1. The van der Waals surface area contributed by atoms with Crippen molar-refractivity contribution in [3.63, 3.8) is 0 Å². The highest BCUT2D eigenvalue weighted by molar-refractivity contribution is 6.03. The minimum absolute atomic E-state index is 0.0937. The van der Waals surface area contributed by atoms with Crippen molar-refractivity contribution in [1.29, 1.82) is 0 Å². The number of fused-ring (bicyclic) bond motifs is 1. The molecule has 0 aromatic heterocycles. The molecule has 1 aromatic carbocycles. The summed E-state index contributed by atoms with van der Waals surface area (Å²) in [7, 11) is 0. The maximum Gasteiger partial charge on any atom is 0.248 e. The van der Waals surface area contributed by atoms with Crippen LogP contribution in [0.1, 0.15) is 66.7 Å². The lowest BCUT2D eigenvalue weighted by Gasteiger charge is -2.39. The van der Waals surface area contributed by atoms with Gasteiger partial charge in [-0.05, 0) is 63.3 Å². The zero-order valence-electron chi connectivity index (χ0n) is 27.2. The predicted octanol–water partition coefficient (Wildman–Crippen LogP) is 4.59. The lowest BCUT2D eigenvalue weighted by molar-refractivity contribution is -0.155. The van der Waals surface area contributed by atoms with E-state index in [1.54, 1.807) is 26.9 Å².